The molecule has 0 radical (unpaired) electrons. The van der Waals surface area contributed by atoms with Gasteiger partial charge >= 0.3 is 0 Å². The van der Waals surface area contributed by atoms with Crippen molar-refractivity contribution in [3.05, 3.63) is 29.8 Å². The smallest absolute Gasteiger partial charge is 0.236 e. The fourth-order valence-electron chi connectivity index (χ4n) is 3.96. The number of benzene rings is 1. The average molecular weight is 370 g/mol. The molecule has 0 atom stereocenters. The molecule has 3 heterocycles. The van der Waals surface area contributed by atoms with Crippen LogP contribution in [0.2, 0.25) is 0 Å². The summed E-state index contributed by atoms with van der Waals surface area (Å²) < 4.78 is 10.7. The fraction of sp³-hybridized carbons (Fsp3) is 0.524. The molecule has 0 aromatic heterocycles. The summed E-state index contributed by atoms with van der Waals surface area (Å²) in [7, 11) is 0. The maximum atomic E-state index is 12.5. The number of hydrogen-bond donors (Lipinski definition) is 0. The molecule has 3 aliphatic heterocycles. The van der Waals surface area contributed by atoms with Gasteiger partial charge in [-0.3, -0.25) is 14.5 Å². The van der Waals surface area contributed by atoms with Gasteiger partial charge in [0.25, 0.3) is 0 Å². The Hall–Kier alpha value is -2.34. The van der Waals surface area contributed by atoms with Crippen LogP contribution in [0.15, 0.2) is 24.3 Å². The summed E-state index contributed by atoms with van der Waals surface area (Å²) in [6.07, 6.45) is 7.39. The summed E-state index contributed by atoms with van der Waals surface area (Å²) >= 11 is 0. The molecule has 1 aromatic carbocycles. The Balaban J connectivity index is 1.25. The van der Waals surface area contributed by atoms with Gasteiger partial charge in [0, 0.05) is 19.0 Å². The van der Waals surface area contributed by atoms with Crippen LogP contribution in [-0.2, 0) is 9.59 Å². The van der Waals surface area contributed by atoms with E-state index in [0.29, 0.717) is 6.54 Å². The normalized spacial score (nSPS) is 20.5. The highest BCUT2D eigenvalue weighted by Gasteiger charge is 2.26. The summed E-state index contributed by atoms with van der Waals surface area (Å²) in [5.41, 5.74) is 0.932. The molecule has 0 N–H and O–H groups in total. The summed E-state index contributed by atoms with van der Waals surface area (Å²) in [5, 5.41) is 0. The number of ketones is 1. The number of amides is 1. The standard InChI is InChI=1S/C21H26N2O4/c24-18(5-3-16-4-6-19-20(13-16)27-15-26-19)17-7-11-22(12-8-17)14-21(25)23-9-1-2-10-23/h3-6,13,17H,1-2,7-12,14-15H2. The predicted molar refractivity (Wildman–Crippen MR) is 102 cm³/mol. The lowest BCUT2D eigenvalue weighted by molar-refractivity contribution is -0.131. The lowest BCUT2D eigenvalue weighted by Gasteiger charge is -2.31. The van der Waals surface area contributed by atoms with Crippen LogP contribution in [0.4, 0.5) is 0 Å². The first-order valence-corrected chi connectivity index (χ1v) is 9.81. The number of carbonyl (C=O) groups excluding carboxylic acids is 2. The van der Waals surface area contributed by atoms with Crippen molar-refractivity contribution in [2.24, 2.45) is 5.92 Å². The zero-order valence-corrected chi connectivity index (χ0v) is 15.6. The topological polar surface area (TPSA) is 59.1 Å². The Labute approximate surface area is 159 Å². The van der Waals surface area contributed by atoms with E-state index in [1.165, 1.54) is 0 Å². The van der Waals surface area contributed by atoms with Crippen LogP contribution >= 0.6 is 0 Å². The van der Waals surface area contributed by atoms with E-state index in [1.807, 2.05) is 29.2 Å². The van der Waals surface area contributed by atoms with Gasteiger partial charge in [-0.25, -0.2) is 0 Å². The van der Waals surface area contributed by atoms with Crippen LogP contribution in [0.1, 0.15) is 31.2 Å². The van der Waals surface area contributed by atoms with Gasteiger partial charge in [-0.05, 0) is 62.5 Å². The van der Waals surface area contributed by atoms with E-state index in [-0.39, 0.29) is 24.4 Å². The van der Waals surface area contributed by atoms with Crippen molar-refractivity contribution in [1.82, 2.24) is 9.80 Å². The summed E-state index contributed by atoms with van der Waals surface area (Å²) in [5.74, 6) is 1.92. The van der Waals surface area contributed by atoms with Crippen molar-refractivity contribution in [2.75, 3.05) is 39.5 Å². The zero-order valence-electron chi connectivity index (χ0n) is 15.6. The molecule has 0 saturated carbocycles. The van der Waals surface area contributed by atoms with Crippen LogP contribution in [0, 0.1) is 5.92 Å². The lowest BCUT2D eigenvalue weighted by atomic mass is 9.92. The maximum Gasteiger partial charge on any atom is 0.236 e. The number of likely N-dealkylation sites (tertiary alicyclic amines) is 2. The zero-order chi connectivity index (χ0) is 18.6. The van der Waals surface area contributed by atoms with E-state index in [0.717, 1.165) is 68.9 Å². The average Bonchev–Trinajstić information content (AvgIpc) is 3.38. The van der Waals surface area contributed by atoms with E-state index in [9.17, 15) is 9.59 Å². The van der Waals surface area contributed by atoms with Crippen LogP contribution in [-0.4, -0.2) is 61.0 Å². The molecule has 3 aliphatic rings. The van der Waals surface area contributed by atoms with Gasteiger partial charge in [-0.2, -0.15) is 0 Å². The van der Waals surface area contributed by atoms with Crippen molar-refractivity contribution in [3.8, 4) is 11.5 Å². The van der Waals surface area contributed by atoms with Gasteiger partial charge in [0.2, 0.25) is 12.7 Å². The minimum absolute atomic E-state index is 0.0494. The first-order chi connectivity index (χ1) is 13.2. The van der Waals surface area contributed by atoms with Gasteiger partial charge in [-0.15, -0.1) is 0 Å². The number of allylic oxidation sites excluding steroid dienone is 1. The molecule has 0 aliphatic carbocycles. The first-order valence-electron chi connectivity index (χ1n) is 9.81. The van der Waals surface area contributed by atoms with Gasteiger partial charge in [0.05, 0.1) is 6.54 Å². The van der Waals surface area contributed by atoms with E-state index in [2.05, 4.69) is 4.90 Å². The minimum atomic E-state index is 0.0494. The predicted octanol–water partition coefficient (Wildman–Crippen LogP) is 2.33. The van der Waals surface area contributed by atoms with Crippen molar-refractivity contribution < 1.29 is 19.1 Å². The molecule has 27 heavy (non-hydrogen) atoms. The van der Waals surface area contributed by atoms with E-state index in [1.54, 1.807) is 6.08 Å². The minimum Gasteiger partial charge on any atom is -0.454 e. The SMILES string of the molecule is O=C(C=Cc1ccc2c(c1)OCO2)C1CCN(CC(=O)N2CCCC2)CC1. The van der Waals surface area contributed by atoms with Crippen LogP contribution in [0.3, 0.4) is 0 Å². The van der Waals surface area contributed by atoms with Gasteiger partial charge in [-0.1, -0.05) is 12.1 Å². The maximum absolute atomic E-state index is 12.5. The highest BCUT2D eigenvalue weighted by atomic mass is 16.7. The molecule has 2 fully saturated rings. The molecule has 1 aromatic rings. The summed E-state index contributed by atoms with van der Waals surface area (Å²) in [6.45, 7) is 4.17. The van der Waals surface area contributed by atoms with Gasteiger partial charge in [0.1, 0.15) is 0 Å². The number of piperidine rings is 1. The number of carbonyl (C=O) groups is 2. The molecule has 144 valence electrons. The van der Waals surface area contributed by atoms with Crippen molar-refractivity contribution in [3.63, 3.8) is 0 Å². The van der Waals surface area contributed by atoms with E-state index in [4.69, 9.17) is 9.47 Å². The Bertz CT molecular complexity index is 732. The third kappa shape index (κ3) is 4.33. The molecule has 1 amide bonds. The molecule has 0 bridgehead atoms. The molecule has 6 heteroatoms. The number of fused-ring (bicyclic) bond motifs is 1. The number of nitrogens with zero attached hydrogens (tertiary/aromatic N) is 2. The highest BCUT2D eigenvalue weighted by molar-refractivity contribution is 5.95. The first kappa shape index (κ1) is 18.0. The van der Waals surface area contributed by atoms with Crippen LogP contribution < -0.4 is 9.47 Å². The molecule has 6 nitrogen and oxygen atoms in total. The Morgan fingerprint density at radius 3 is 2.56 bits per heavy atom. The third-order valence-corrected chi connectivity index (χ3v) is 5.64. The fourth-order valence-corrected chi connectivity index (χ4v) is 3.96. The molecular formula is C21H26N2O4. The van der Waals surface area contributed by atoms with Crippen molar-refractivity contribution in [1.29, 1.82) is 0 Å². The number of hydrogen-bond acceptors (Lipinski definition) is 5. The second-order valence-corrected chi connectivity index (χ2v) is 7.49. The number of rotatable bonds is 5. The van der Waals surface area contributed by atoms with Gasteiger partial charge in [0.15, 0.2) is 17.3 Å². The van der Waals surface area contributed by atoms with Crippen LogP contribution in [0.25, 0.3) is 6.08 Å². The van der Waals surface area contributed by atoms with Crippen molar-refractivity contribution >= 4 is 17.8 Å². The Morgan fingerprint density at radius 1 is 1.04 bits per heavy atom. The Kier molecular flexibility index (Phi) is 5.43. The quantitative estimate of drug-likeness (QED) is 0.745. The van der Waals surface area contributed by atoms with Crippen LogP contribution in [0.5, 0.6) is 11.5 Å². The third-order valence-electron chi connectivity index (χ3n) is 5.64. The van der Waals surface area contributed by atoms with E-state index < -0.39 is 0 Å². The summed E-state index contributed by atoms with van der Waals surface area (Å²) in [6, 6.07) is 5.67. The van der Waals surface area contributed by atoms with Crippen molar-refractivity contribution in [2.45, 2.75) is 25.7 Å². The van der Waals surface area contributed by atoms with Gasteiger partial charge < -0.3 is 14.4 Å². The largest absolute Gasteiger partial charge is 0.454 e. The second kappa shape index (κ2) is 8.13. The lowest BCUT2D eigenvalue weighted by Crippen LogP contribution is -2.43. The molecule has 0 unspecified atom stereocenters. The monoisotopic (exact) mass is 370 g/mol. The molecule has 4 rings (SSSR count). The molecular weight excluding hydrogens is 344 g/mol. The highest BCUT2D eigenvalue weighted by Crippen LogP contribution is 2.32. The molecule has 2 saturated heterocycles. The summed E-state index contributed by atoms with van der Waals surface area (Å²) in [4.78, 5) is 28.9. The second-order valence-electron chi connectivity index (χ2n) is 7.49. The van der Waals surface area contributed by atoms with E-state index >= 15 is 0 Å². The molecule has 0 spiro atoms. The number of ether oxygens (including phenoxy) is 2. The Morgan fingerprint density at radius 2 is 1.78 bits per heavy atom.